The quantitative estimate of drug-likeness (QED) is 0.288. The maximum Gasteiger partial charge on any atom is 0.309 e. The van der Waals surface area contributed by atoms with Crippen molar-refractivity contribution in [3.8, 4) is 0 Å². The number of carbonyl (C=O) groups is 2. The number of hydrogen-bond acceptors (Lipinski definition) is 10. The standard InChI is InChI=1S/C28H28N6O4/c1-17(35)37-27-23(19-10-5-3-6-11-19)31-25(33(27)29)21-14-9-15-22(16-21)26-32-24(20-12-7-4-8-13-20)28(34(26)30)38-18(2)36/h3-16,25-26,31-32H,29-30H2,1-2H3. The van der Waals surface area contributed by atoms with Gasteiger partial charge in [0.2, 0.25) is 11.8 Å². The van der Waals surface area contributed by atoms with Crippen LogP contribution in [0.5, 0.6) is 0 Å². The zero-order chi connectivity index (χ0) is 26.8. The average Bonchev–Trinajstić information content (AvgIpc) is 3.41. The number of carbonyl (C=O) groups excluding carboxylic acids is 2. The number of hydrogen-bond donors (Lipinski definition) is 4. The summed E-state index contributed by atoms with van der Waals surface area (Å²) in [6.45, 7) is 2.66. The predicted molar refractivity (Wildman–Crippen MR) is 141 cm³/mol. The molecule has 0 bridgehead atoms. The first-order valence-corrected chi connectivity index (χ1v) is 12.0. The summed E-state index contributed by atoms with van der Waals surface area (Å²) in [6, 6.07) is 26.6. The van der Waals surface area contributed by atoms with Crippen LogP contribution in [0.25, 0.3) is 11.4 Å². The van der Waals surface area contributed by atoms with Crippen molar-refractivity contribution in [3.05, 3.63) is 119 Å². The molecular formula is C28H28N6O4. The van der Waals surface area contributed by atoms with E-state index in [2.05, 4.69) is 10.6 Å². The van der Waals surface area contributed by atoms with Gasteiger partial charge in [0.25, 0.3) is 0 Å². The van der Waals surface area contributed by atoms with Crippen LogP contribution in [0, 0.1) is 0 Å². The molecule has 2 aliphatic rings. The van der Waals surface area contributed by atoms with E-state index in [1.807, 2.05) is 84.9 Å². The van der Waals surface area contributed by atoms with Crippen molar-refractivity contribution in [2.24, 2.45) is 11.7 Å². The predicted octanol–water partition coefficient (Wildman–Crippen LogP) is 3.02. The Morgan fingerprint density at radius 2 is 1.05 bits per heavy atom. The third-order valence-corrected chi connectivity index (χ3v) is 6.16. The van der Waals surface area contributed by atoms with Crippen LogP contribution in [0.2, 0.25) is 0 Å². The van der Waals surface area contributed by atoms with E-state index in [0.717, 1.165) is 22.3 Å². The highest BCUT2D eigenvalue weighted by Crippen LogP contribution is 2.37. The molecule has 0 spiro atoms. The van der Waals surface area contributed by atoms with Gasteiger partial charge in [-0.15, -0.1) is 0 Å². The Balaban J connectivity index is 1.46. The summed E-state index contributed by atoms with van der Waals surface area (Å²) in [5, 5.41) is 9.56. The third kappa shape index (κ3) is 4.77. The number of hydrazine groups is 2. The number of esters is 2. The molecule has 2 unspecified atom stereocenters. The summed E-state index contributed by atoms with van der Waals surface area (Å²) < 4.78 is 11.0. The van der Waals surface area contributed by atoms with Gasteiger partial charge in [-0.3, -0.25) is 19.6 Å². The lowest BCUT2D eigenvalue weighted by Crippen LogP contribution is -2.37. The van der Waals surface area contributed by atoms with Crippen LogP contribution in [0.1, 0.15) is 48.4 Å². The average molecular weight is 513 g/mol. The van der Waals surface area contributed by atoms with E-state index in [9.17, 15) is 9.59 Å². The summed E-state index contributed by atoms with van der Waals surface area (Å²) in [7, 11) is 0. The van der Waals surface area contributed by atoms with E-state index >= 15 is 0 Å². The van der Waals surface area contributed by atoms with E-state index in [-0.39, 0.29) is 11.8 Å². The van der Waals surface area contributed by atoms with E-state index < -0.39 is 24.3 Å². The molecule has 2 atom stereocenters. The monoisotopic (exact) mass is 512 g/mol. The van der Waals surface area contributed by atoms with Gasteiger partial charge in [0.15, 0.2) is 0 Å². The van der Waals surface area contributed by atoms with Gasteiger partial charge >= 0.3 is 11.9 Å². The molecule has 0 saturated heterocycles. The smallest absolute Gasteiger partial charge is 0.309 e. The zero-order valence-electron chi connectivity index (χ0n) is 20.9. The number of nitrogens with one attached hydrogen (secondary N) is 2. The van der Waals surface area contributed by atoms with Crippen LogP contribution in [0.15, 0.2) is 96.7 Å². The second-order valence-electron chi connectivity index (χ2n) is 8.86. The number of nitrogens with two attached hydrogens (primary N) is 2. The lowest BCUT2D eigenvalue weighted by molar-refractivity contribution is -0.140. The van der Waals surface area contributed by atoms with Crippen molar-refractivity contribution in [3.63, 3.8) is 0 Å². The molecule has 5 rings (SSSR count). The normalized spacial score (nSPS) is 18.8. The van der Waals surface area contributed by atoms with Gasteiger partial charge in [0, 0.05) is 25.0 Å². The first kappa shape index (κ1) is 24.9. The first-order chi connectivity index (χ1) is 18.3. The molecule has 6 N–H and O–H groups in total. The minimum absolute atomic E-state index is 0.226. The molecule has 2 heterocycles. The topological polar surface area (TPSA) is 135 Å². The number of rotatable bonds is 6. The van der Waals surface area contributed by atoms with Crippen LogP contribution in [-0.2, 0) is 19.1 Å². The van der Waals surface area contributed by atoms with Crippen LogP contribution in [0.4, 0.5) is 0 Å². The lowest BCUT2D eigenvalue weighted by atomic mass is 10.1. The van der Waals surface area contributed by atoms with Gasteiger partial charge in [-0.2, -0.15) is 0 Å². The van der Waals surface area contributed by atoms with E-state index in [0.29, 0.717) is 11.4 Å². The van der Waals surface area contributed by atoms with Gasteiger partial charge in [0.05, 0.1) is 0 Å². The van der Waals surface area contributed by atoms with Gasteiger partial charge in [0.1, 0.15) is 23.7 Å². The van der Waals surface area contributed by atoms with Crippen LogP contribution in [0.3, 0.4) is 0 Å². The largest absolute Gasteiger partial charge is 0.406 e. The SMILES string of the molecule is CC(=O)OC1=C(c2ccccc2)NC(c2cccc(C3NC(c4ccccc4)=C(OC(C)=O)N3N)c2)N1N. The highest BCUT2D eigenvalue weighted by molar-refractivity contribution is 5.75. The molecule has 0 aliphatic carbocycles. The molecule has 0 saturated carbocycles. The molecule has 2 aliphatic heterocycles. The Morgan fingerprint density at radius 3 is 1.42 bits per heavy atom. The van der Waals surface area contributed by atoms with Crippen molar-refractivity contribution in [2.45, 2.75) is 26.2 Å². The van der Waals surface area contributed by atoms with Gasteiger partial charge in [-0.25, -0.2) is 11.7 Å². The number of ether oxygens (including phenoxy) is 2. The van der Waals surface area contributed by atoms with E-state index in [1.54, 1.807) is 0 Å². The summed E-state index contributed by atoms with van der Waals surface area (Å²) >= 11 is 0. The van der Waals surface area contributed by atoms with Gasteiger partial charge in [-0.05, 0) is 17.2 Å². The number of benzene rings is 3. The minimum Gasteiger partial charge on any atom is -0.406 e. The van der Waals surface area contributed by atoms with E-state index in [1.165, 1.54) is 23.9 Å². The molecule has 0 fully saturated rings. The van der Waals surface area contributed by atoms with Crippen molar-refractivity contribution in [1.29, 1.82) is 0 Å². The second-order valence-corrected chi connectivity index (χ2v) is 8.86. The molecule has 194 valence electrons. The fraction of sp³-hybridized carbons (Fsp3) is 0.143. The van der Waals surface area contributed by atoms with Crippen molar-refractivity contribution < 1.29 is 19.1 Å². The fourth-order valence-electron chi connectivity index (χ4n) is 4.52. The molecule has 0 radical (unpaired) electrons. The second kappa shape index (κ2) is 10.3. The Hall–Kier alpha value is -4.80. The molecule has 3 aromatic carbocycles. The zero-order valence-corrected chi connectivity index (χ0v) is 20.9. The van der Waals surface area contributed by atoms with Crippen molar-refractivity contribution in [2.75, 3.05) is 0 Å². The van der Waals surface area contributed by atoms with Crippen LogP contribution >= 0.6 is 0 Å². The Bertz CT molecular complexity index is 1320. The minimum atomic E-state index is -0.526. The summed E-state index contributed by atoms with van der Waals surface area (Å²) in [5.41, 5.74) is 4.46. The molecule has 38 heavy (non-hydrogen) atoms. The van der Waals surface area contributed by atoms with Crippen LogP contribution < -0.4 is 22.3 Å². The van der Waals surface area contributed by atoms with Gasteiger partial charge in [-0.1, -0.05) is 78.9 Å². The first-order valence-electron chi connectivity index (χ1n) is 12.0. The maximum atomic E-state index is 11.8. The Morgan fingerprint density at radius 1 is 0.658 bits per heavy atom. The van der Waals surface area contributed by atoms with Crippen LogP contribution in [-0.4, -0.2) is 22.0 Å². The molecule has 3 aromatic rings. The summed E-state index contributed by atoms with van der Waals surface area (Å²) in [5.74, 6) is 12.4. The highest BCUT2D eigenvalue weighted by atomic mass is 16.6. The third-order valence-electron chi connectivity index (χ3n) is 6.16. The van der Waals surface area contributed by atoms with Gasteiger partial charge < -0.3 is 20.1 Å². The summed E-state index contributed by atoms with van der Waals surface area (Å²) in [6.07, 6.45) is -1.05. The highest BCUT2D eigenvalue weighted by Gasteiger charge is 2.36. The Labute approximate surface area is 220 Å². The number of nitrogens with zero attached hydrogens (tertiary/aromatic N) is 2. The molecule has 0 amide bonds. The molecule has 10 heteroatoms. The lowest BCUT2D eigenvalue weighted by Gasteiger charge is -2.26. The Kier molecular flexibility index (Phi) is 6.73. The molecule has 10 nitrogen and oxygen atoms in total. The summed E-state index contributed by atoms with van der Waals surface area (Å²) in [4.78, 5) is 23.7. The molecule has 0 aromatic heterocycles. The fourth-order valence-corrected chi connectivity index (χ4v) is 4.52. The van der Waals surface area contributed by atoms with Crippen molar-refractivity contribution in [1.82, 2.24) is 20.7 Å². The molecular weight excluding hydrogens is 484 g/mol. The maximum absolute atomic E-state index is 11.8. The van der Waals surface area contributed by atoms with Crippen molar-refractivity contribution >= 4 is 23.3 Å². The van der Waals surface area contributed by atoms with E-state index in [4.69, 9.17) is 21.2 Å².